The van der Waals surface area contributed by atoms with Crippen LogP contribution in [0.2, 0.25) is 0 Å². The maximum atomic E-state index is 4.36. The zero-order valence-corrected chi connectivity index (χ0v) is 19.6. The molecule has 0 amide bonds. The summed E-state index contributed by atoms with van der Waals surface area (Å²) in [5.74, 6) is 0.717. The van der Waals surface area contributed by atoms with Gasteiger partial charge in [-0.15, -0.1) is 4.68 Å². The molecule has 3 fully saturated rings. The molecule has 2 bridgehead atoms. The van der Waals surface area contributed by atoms with Crippen molar-refractivity contribution in [1.82, 2.24) is 14.6 Å². The standard InChI is InChI=1S/C20H32N8.2ClH/c1-4-27(12-16-28-13-9-26(10-14-28)11-15-28)19-7-5-18(6-8-19)22-23-20-24(2)17-21-25(20)3;;/h5-8,17H,4,9-16H2,1-3H3;2*1H/q+2;;/p-2. The van der Waals surface area contributed by atoms with Gasteiger partial charge < -0.3 is 34.2 Å². The van der Waals surface area contributed by atoms with E-state index in [0.29, 0.717) is 0 Å². The van der Waals surface area contributed by atoms with Crippen LogP contribution >= 0.6 is 0 Å². The Morgan fingerprint density at radius 3 is 2.23 bits per heavy atom. The Morgan fingerprint density at radius 1 is 1.07 bits per heavy atom. The van der Waals surface area contributed by atoms with Crippen molar-refractivity contribution in [1.29, 1.82) is 0 Å². The number of hydrogen-bond acceptors (Lipinski definition) is 5. The van der Waals surface area contributed by atoms with E-state index in [0.717, 1.165) is 24.7 Å². The molecule has 3 aliphatic rings. The van der Waals surface area contributed by atoms with Gasteiger partial charge >= 0.3 is 5.95 Å². The van der Waals surface area contributed by atoms with Gasteiger partial charge in [0, 0.05) is 37.0 Å². The van der Waals surface area contributed by atoms with Gasteiger partial charge in [-0.1, -0.05) is 10.2 Å². The minimum atomic E-state index is 0. The van der Waals surface area contributed by atoms with Crippen LogP contribution in [0.5, 0.6) is 0 Å². The number of hydrogen-bond donors (Lipinski definition) is 0. The average Bonchev–Trinajstić information content (AvgIpc) is 3.06. The summed E-state index contributed by atoms with van der Waals surface area (Å²) >= 11 is 0. The van der Waals surface area contributed by atoms with Crippen LogP contribution in [0.15, 0.2) is 40.8 Å². The molecule has 0 N–H and O–H groups in total. The van der Waals surface area contributed by atoms with E-state index in [2.05, 4.69) is 44.2 Å². The Balaban J connectivity index is 0.00000160. The maximum absolute atomic E-state index is 4.36. The lowest BCUT2D eigenvalue weighted by Gasteiger charge is -2.51. The summed E-state index contributed by atoms with van der Waals surface area (Å²) in [4.78, 5) is 5.09. The summed E-state index contributed by atoms with van der Waals surface area (Å²) in [6.07, 6.45) is 1.73. The van der Waals surface area contributed by atoms with Crippen LogP contribution in [0.1, 0.15) is 6.92 Å². The van der Waals surface area contributed by atoms with Gasteiger partial charge in [-0.25, -0.2) is 4.57 Å². The van der Waals surface area contributed by atoms with Crippen molar-refractivity contribution in [2.45, 2.75) is 6.92 Å². The summed E-state index contributed by atoms with van der Waals surface area (Å²) < 4.78 is 4.87. The van der Waals surface area contributed by atoms with Crippen LogP contribution in [0.25, 0.3) is 0 Å². The van der Waals surface area contributed by atoms with E-state index in [-0.39, 0.29) is 24.8 Å². The number of rotatable bonds is 7. The minimum Gasteiger partial charge on any atom is -1.00 e. The van der Waals surface area contributed by atoms with Crippen molar-refractivity contribution in [3.05, 3.63) is 30.6 Å². The molecule has 8 nitrogen and oxygen atoms in total. The lowest BCUT2D eigenvalue weighted by molar-refractivity contribution is -0.939. The second-order valence-electron chi connectivity index (χ2n) is 8.04. The molecule has 1 aromatic carbocycles. The fourth-order valence-corrected chi connectivity index (χ4v) is 4.32. The normalized spacial score (nSPS) is 22.6. The van der Waals surface area contributed by atoms with Crippen molar-refractivity contribution in [3.8, 4) is 0 Å². The highest BCUT2D eigenvalue weighted by Gasteiger charge is 2.38. The van der Waals surface area contributed by atoms with Crippen molar-refractivity contribution in [2.24, 2.45) is 24.3 Å². The van der Waals surface area contributed by atoms with Gasteiger partial charge in [0.1, 0.15) is 5.69 Å². The number of aromatic nitrogens is 3. The number of quaternary nitrogens is 1. The molecule has 30 heavy (non-hydrogen) atoms. The quantitative estimate of drug-likeness (QED) is 0.241. The summed E-state index contributed by atoms with van der Waals surface area (Å²) in [6.45, 7) is 13.4. The Hall–Kier alpha value is -1.74. The molecule has 3 saturated heterocycles. The topological polar surface area (TPSA) is 52.9 Å². The molecule has 1 aromatic heterocycles. The molecule has 5 rings (SSSR count). The van der Waals surface area contributed by atoms with Crippen LogP contribution in [0.3, 0.4) is 0 Å². The molecule has 4 heterocycles. The van der Waals surface area contributed by atoms with Crippen molar-refractivity contribution in [2.75, 3.05) is 63.8 Å². The van der Waals surface area contributed by atoms with Crippen LogP contribution in [0, 0.1) is 0 Å². The van der Waals surface area contributed by atoms with Crippen LogP contribution in [-0.2, 0) is 14.1 Å². The Kier molecular flexibility index (Phi) is 8.61. The second kappa shape index (κ2) is 10.5. The molecule has 0 atom stereocenters. The molecule has 0 radical (unpaired) electrons. The third-order valence-corrected chi connectivity index (χ3v) is 6.37. The van der Waals surface area contributed by atoms with Crippen LogP contribution in [0.4, 0.5) is 17.3 Å². The fourth-order valence-electron chi connectivity index (χ4n) is 4.32. The lowest BCUT2D eigenvalue weighted by atomic mass is 10.1. The first-order valence-electron chi connectivity index (χ1n) is 10.3. The Labute approximate surface area is 191 Å². The molecule has 0 aliphatic carbocycles. The number of anilines is 1. The molecule has 10 heteroatoms. The zero-order valence-electron chi connectivity index (χ0n) is 18.1. The van der Waals surface area contributed by atoms with E-state index < -0.39 is 0 Å². The molecule has 3 aliphatic heterocycles. The third kappa shape index (κ3) is 5.29. The lowest BCUT2D eigenvalue weighted by Crippen LogP contribution is -3.00. The number of halogens is 2. The molecular weight excluding hydrogens is 423 g/mol. The highest BCUT2D eigenvalue weighted by Crippen LogP contribution is 2.23. The number of likely N-dealkylation sites (N-methyl/N-ethyl adjacent to an activating group) is 1. The van der Waals surface area contributed by atoms with Gasteiger partial charge in [-0.3, -0.25) is 4.90 Å². The predicted molar refractivity (Wildman–Crippen MR) is 109 cm³/mol. The van der Waals surface area contributed by atoms with Gasteiger partial charge in [-0.05, 0) is 31.2 Å². The first kappa shape index (κ1) is 24.5. The van der Waals surface area contributed by atoms with Crippen LogP contribution < -0.4 is 34.4 Å². The number of benzene rings is 1. The number of azo groups is 1. The van der Waals surface area contributed by atoms with Crippen LogP contribution in [-0.4, -0.2) is 78.0 Å². The zero-order chi connectivity index (χ0) is 19.6. The molecule has 166 valence electrons. The second-order valence-corrected chi connectivity index (χ2v) is 8.04. The van der Waals surface area contributed by atoms with E-state index in [4.69, 9.17) is 0 Å². The molecule has 2 aromatic rings. The number of piperazine rings is 3. The average molecular weight is 455 g/mol. The van der Waals surface area contributed by atoms with Gasteiger partial charge in [0.15, 0.2) is 6.33 Å². The maximum Gasteiger partial charge on any atom is 0.441 e. The highest BCUT2D eigenvalue weighted by molar-refractivity contribution is 5.52. The largest absolute Gasteiger partial charge is 1.00 e. The number of aryl methyl sites for hydroxylation is 2. The van der Waals surface area contributed by atoms with E-state index in [1.165, 1.54) is 56.0 Å². The van der Waals surface area contributed by atoms with E-state index in [9.17, 15) is 0 Å². The number of nitrogens with zero attached hydrogens (tertiary/aromatic N) is 8. The van der Waals surface area contributed by atoms with Crippen molar-refractivity contribution in [3.63, 3.8) is 0 Å². The van der Waals surface area contributed by atoms with Gasteiger partial charge in [0.05, 0.1) is 46.8 Å². The smallest absolute Gasteiger partial charge is 0.441 e. The SMILES string of the molecule is CCN(CC[N+]12CCN(CC1)CC2)c1ccc(/N=N/c2n(C)cn[n+]2C)cc1.[Cl-].[Cl-]. The summed E-state index contributed by atoms with van der Waals surface area (Å²) in [7, 11) is 3.78. The van der Waals surface area contributed by atoms with Gasteiger partial charge in [0.25, 0.3) is 0 Å². The van der Waals surface area contributed by atoms with E-state index in [1.807, 2.05) is 30.8 Å². The van der Waals surface area contributed by atoms with Crippen molar-refractivity contribution < 1.29 is 34.0 Å². The predicted octanol–water partition coefficient (Wildman–Crippen LogP) is -4.36. The summed E-state index contributed by atoms with van der Waals surface area (Å²) in [5.41, 5.74) is 2.12. The summed E-state index contributed by atoms with van der Waals surface area (Å²) in [5, 5.41) is 12.8. The van der Waals surface area contributed by atoms with Gasteiger partial charge in [0.2, 0.25) is 0 Å². The van der Waals surface area contributed by atoms with Gasteiger partial charge in [-0.2, -0.15) is 0 Å². The van der Waals surface area contributed by atoms with E-state index in [1.54, 1.807) is 11.0 Å². The Bertz CT molecular complexity index is 795. The summed E-state index contributed by atoms with van der Waals surface area (Å²) in [6, 6.07) is 8.42. The Morgan fingerprint density at radius 2 is 1.70 bits per heavy atom. The third-order valence-electron chi connectivity index (χ3n) is 6.37. The van der Waals surface area contributed by atoms with Crippen molar-refractivity contribution >= 4 is 17.3 Å². The number of fused-ring (bicyclic) bond motifs is 3. The highest BCUT2D eigenvalue weighted by atomic mass is 35.5. The molecule has 0 spiro atoms. The monoisotopic (exact) mass is 454 g/mol. The molecule has 0 saturated carbocycles. The minimum absolute atomic E-state index is 0. The van der Waals surface area contributed by atoms with E-state index >= 15 is 0 Å². The first-order valence-corrected chi connectivity index (χ1v) is 10.3. The fraction of sp³-hybridized carbons (Fsp3) is 0.600. The molecular formula is C20H32Cl2N8. The molecule has 0 unspecified atom stereocenters. The first-order chi connectivity index (χ1) is 13.6.